The maximum atomic E-state index is 12.4. The monoisotopic (exact) mass is 372 g/mol. The molecule has 0 aliphatic rings. The molecule has 0 heterocycles. The van der Waals surface area contributed by atoms with Gasteiger partial charge in [-0.05, 0) is 34.1 Å². The van der Waals surface area contributed by atoms with Gasteiger partial charge in [0.15, 0.2) is 0 Å². The number of hydrogen-bond acceptors (Lipinski definition) is 3. The van der Waals surface area contributed by atoms with Crippen LogP contribution in [0.15, 0.2) is 27.6 Å². The highest BCUT2D eigenvalue weighted by Gasteiger charge is 2.23. The summed E-state index contributed by atoms with van der Waals surface area (Å²) in [6.07, 6.45) is 5.09. The van der Waals surface area contributed by atoms with E-state index in [-0.39, 0.29) is 17.0 Å². The molecule has 0 radical (unpaired) electrons. The van der Waals surface area contributed by atoms with Crippen molar-refractivity contribution in [3.8, 4) is 12.3 Å². The zero-order chi connectivity index (χ0) is 16.0. The number of hydrogen-bond donors (Lipinski definition) is 1. The second-order valence-corrected chi connectivity index (χ2v) is 6.91. The van der Waals surface area contributed by atoms with Crippen LogP contribution in [0.2, 0.25) is 0 Å². The first-order chi connectivity index (χ1) is 9.88. The average Bonchev–Trinajstić information content (AvgIpc) is 2.46. The van der Waals surface area contributed by atoms with E-state index in [9.17, 15) is 13.2 Å². The normalized spacial score (nSPS) is 11.2. The molecule has 21 heavy (non-hydrogen) atoms. The first-order valence-corrected chi connectivity index (χ1v) is 8.63. The Balaban J connectivity index is 3.24. The van der Waals surface area contributed by atoms with Crippen molar-refractivity contribution in [3.63, 3.8) is 0 Å². The highest BCUT2D eigenvalue weighted by atomic mass is 79.9. The molecule has 0 bridgehead atoms. The summed E-state index contributed by atoms with van der Waals surface area (Å²) in [6.45, 7) is 4.35. The van der Waals surface area contributed by atoms with Crippen LogP contribution in [0.25, 0.3) is 0 Å². The van der Waals surface area contributed by atoms with Gasteiger partial charge in [0.05, 0.1) is 17.0 Å². The first-order valence-electron chi connectivity index (χ1n) is 6.39. The molecule has 0 atom stereocenters. The van der Waals surface area contributed by atoms with Crippen LogP contribution in [-0.4, -0.2) is 38.3 Å². The van der Waals surface area contributed by atoms with Crippen molar-refractivity contribution in [2.45, 2.75) is 18.7 Å². The van der Waals surface area contributed by atoms with Crippen molar-refractivity contribution in [2.75, 3.05) is 19.6 Å². The molecule has 0 saturated carbocycles. The van der Waals surface area contributed by atoms with Crippen LogP contribution >= 0.6 is 15.9 Å². The van der Waals surface area contributed by atoms with Crippen LogP contribution in [0.4, 0.5) is 0 Å². The quantitative estimate of drug-likeness (QED) is 0.774. The fourth-order valence-electron chi connectivity index (χ4n) is 1.78. The molecule has 1 N–H and O–H groups in total. The van der Waals surface area contributed by atoms with Crippen molar-refractivity contribution in [2.24, 2.45) is 0 Å². The number of nitrogens with zero attached hydrogens (tertiary/aromatic N) is 1. The van der Waals surface area contributed by atoms with Gasteiger partial charge in [-0.2, -0.15) is 4.31 Å². The van der Waals surface area contributed by atoms with Gasteiger partial charge < -0.3 is 5.32 Å². The zero-order valence-corrected chi connectivity index (χ0v) is 14.3. The molecule has 1 amide bonds. The minimum absolute atomic E-state index is 0.0816. The van der Waals surface area contributed by atoms with Gasteiger partial charge in [-0.25, -0.2) is 8.42 Å². The summed E-state index contributed by atoms with van der Waals surface area (Å²) < 4.78 is 26.7. The topological polar surface area (TPSA) is 66.5 Å². The molecule has 1 rings (SSSR count). The van der Waals surface area contributed by atoms with Crippen molar-refractivity contribution in [1.29, 1.82) is 0 Å². The molecule has 0 aliphatic heterocycles. The summed E-state index contributed by atoms with van der Waals surface area (Å²) in [7, 11) is -3.60. The summed E-state index contributed by atoms with van der Waals surface area (Å²) in [6, 6.07) is 4.36. The van der Waals surface area contributed by atoms with E-state index in [0.29, 0.717) is 17.6 Å². The van der Waals surface area contributed by atoms with E-state index < -0.39 is 15.9 Å². The predicted octanol–water partition coefficient (Wildman–Crippen LogP) is 1.84. The van der Waals surface area contributed by atoms with E-state index >= 15 is 0 Å². The third-order valence-corrected chi connectivity index (χ3v) is 5.61. The minimum Gasteiger partial charge on any atom is -0.341 e. The largest absolute Gasteiger partial charge is 0.341 e. The Kier molecular flexibility index (Phi) is 6.40. The zero-order valence-electron chi connectivity index (χ0n) is 11.9. The highest BCUT2D eigenvalue weighted by Crippen LogP contribution is 2.23. The molecule has 0 spiro atoms. The SMILES string of the molecule is C#CCNC(=O)c1cc(S(=O)(=O)N(CC)CC)ccc1Br. The fraction of sp³-hybridized carbons (Fsp3) is 0.357. The number of amides is 1. The van der Waals surface area contributed by atoms with Gasteiger partial charge in [0.25, 0.3) is 5.91 Å². The summed E-state index contributed by atoms with van der Waals surface area (Å²) in [4.78, 5) is 12.1. The number of nitrogens with one attached hydrogen (secondary N) is 1. The van der Waals surface area contributed by atoms with Crippen LogP contribution in [-0.2, 0) is 10.0 Å². The van der Waals surface area contributed by atoms with Gasteiger partial charge in [-0.3, -0.25) is 4.79 Å². The summed E-state index contributed by atoms with van der Waals surface area (Å²) in [5.74, 6) is 1.88. The Bertz CT molecular complexity index is 661. The second kappa shape index (κ2) is 7.59. The molecular formula is C14H17BrN2O3S. The Morgan fingerprint density at radius 1 is 1.38 bits per heavy atom. The number of rotatable bonds is 6. The van der Waals surface area contributed by atoms with Crippen LogP contribution in [0.1, 0.15) is 24.2 Å². The molecule has 0 aliphatic carbocycles. The van der Waals surface area contributed by atoms with Gasteiger partial charge >= 0.3 is 0 Å². The van der Waals surface area contributed by atoms with Crippen LogP contribution in [0.3, 0.4) is 0 Å². The number of carbonyl (C=O) groups is 1. The number of sulfonamides is 1. The van der Waals surface area contributed by atoms with Gasteiger partial charge in [-0.1, -0.05) is 19.8 Å². The molecule has 0 saturated heterocycles. The second-order valence-electron chi connectivity index (χ2n) is 4.12. The molecule has 0 aromatic heterocycles. The van der Waals surface area contributed by atoms with Gasteiger partial charge in [-0.15, -0.1) is 6.42 Å². The third kappa shape index (κ3) is 4.06. The summed E-state index contributed by atoms with van der Waals surface area (Å²) in [5.41, 5.74) is 0.235. The molecule has 114 valence electrons. The lowest BCUT2D eigenvalue weighted by Crippen LogP contribution is -2.31. The number of carbonyl (C=O) groups excluding carboxylic acids is 1. The van der Waals surface area contributed by atoms with Crippen molar-refractivity contribution < 1.29 is 13.2 Å². The smallest absolute Gasteiger partial charge is 0.253 e. The van der Waals surface area contributed by atoms with E-state index in [1.165, 1.54) is 16.4 Å². The van der Waals surface area contributed by atoms with Gasteiger partial charge in [0.1, 0.15) is 0 Å². The van der Waals surface area contributed by atoms with Crippen LogP contribution in [0, 0.1) is 12.3 Å². The summed E-state index contributed by atoms with van der Waals surface area (Å²) >= 11 is 3.24. The maximum absolute atomic E-state index is 12.4. The van der Waals surface area contributed by atoms with E-state index in [1.807, 2.05) is 0 Å². The molecular weight excluding hydrogens is 356 g/mol. The highest BCUT2D eigenvalue weighted by molar-refractivity contribution is 9.10. The van der Waals surface area contributed by atoms with Gasteiger partial charge in [0, 0.05) is 17.6 Å². The van der Waals surface area contributed by atoms with E-state index in [2.05, 4.69) is 27.2 Å². The predicted molar refractivity (Wildman–Crippen MR) is 85.4 cm³/mol. The van der Waals surface area contributed by atoms with E-state index in [0.717, 1.165) is 0 Å². The molecule has 5 nitrogen and oxygen atoms in total. The molecule has 0 fully saturated rings. The van der Waals surface area contributed by atoms with Crippen LogP contribution in [0.5, 0.6) is 0 Å². The Morgan fingerprint density at radius 3 is 2.52 bits per heavy atom. The standard InChI is InChI=1S/C14H17BrN2O3S/c1-4-9-16-14(18)12-10-11(7-8-13(12)15)21(19,20)17(5-2)6-3/h1,7-8,10H,5-6,9H2,2-3H3,(H,16,18). The Labute approximate surface area is 133 Å². The molecule has 1 aromatic rings. The Morgan fingerprint density at radius 2 is 2.00 bits per heavy atom. The molecule has 0 unspecified atom stereocenters. The van der Waals surface area contributed by atoms with E-state index in [1.54, 1.807) is 19.9 Å². The minimum atomic E-state index is -3.60. The van der Waals surface area contributed by atoms with Crippen molar-refractivity contribution in [1.82, 2.24) is 9.62 Å². The summed E-state index contributed by atoms with van der Waals surface area (Å²) in [5, 5.41) is 2.51. The number of benzene rings is 1. The Hall–Kier alpha value is -1.36. The number of halogens is 1. The third-order valence-electron chi connectivity index (χ3n) is 2.88. The van der Waals surface area contributed by atoms with Crippen molar-refractivity contribution >= 4 is 31.9 Å². The van der Waals surface area contributed by atoms with Crippen molar-refractivity contribution in [3.05, 3.63) is 28.2 Å². The van der Waals surface area contributed by atoms with E-state index in [4.69, 9.17) is 6.42 Å². The number of terminal acetylenes is 1. The maximum Gasteiger partial charge on any atom is 0.253 e. The van der Waals surface area contributed by atoms with Gasteiger partial charge in [0.2, 0.25) is 10.0 Å². The lowest BCUT2D eigenvalue weighted by Gasteiger charge is -2.19. The average molecular weight is 373 g/mol. The van der Waals surface area contributed by atoms with Crippen LogP contribution < -0.4 is 5.32 Å². The lowest BCUT2D eigenvalue weighted by molar-refractivity contribution is 0.0957. The first kappa shape index (κ1) is 17.7. The molecule has 7 heteroatoms. The fourth-order valence-corrected chi connectivity index (χ4v) is 3.69. The molecule has 1 aromatic carbocycles. The lowest BCUT2D eigenvalue weighted by atomic mass is 10.2.